The van der Waals surface area contributed by atoms with E-state index in [1.165, 1.54) is 11.3 Å². The quantitative estimate of drug-likeness (QED) is 0.622. The van der Waals surface area contributed by atoms with Gasteiger partial charge in [0, 0.05) is 17.7 Å². The fourth-order valence-electron chi connectivity index (χ4n) is 1.87. The third-order valence-electron chi connectivity index (χ3n) is 3.02. The van der Waals surface area contributed by atoms with Gasteiger partial charge in [-0.05, 0) is 42.1 Å². The molecule has 1 heterocycles. The van der Waals surface area contributed by atoms with Crippen LogP contribution in [0, 0.1) is 0 Å². The lowest BCUT2D eigenvalue weighted by Crippen LogP contribution is -2.14. The Hall–Kier alpha value is -2.47. The Morgan fingerprint density at radius 2 is 1.87 bits per heavy atom. The van der Waals surface area contributed by atoms with E-state index in [2.05, 4.69) is 5.32 Å². The molecule has 5 nitrogen and oxygen atoms in total. The summed E-state index contributed by atoms with van der Waals surface area (Å²) in [5, 5.41) is 4.51. The molecule has 1 aromatic heterocycles. The summed E-state index contributed by atoms with van der Waals surface area (Å²) in [5.74, 6) is -0.852. The molecule has 0 radical (unpaired) electrons. The fraction of sp³-hybridized carbons (Fsp3) is 0.235. The Bertz CT molecular complexity index is 677. The van der Waals surface area contributed by atoms with Gasteiger partial charge >= 0.3 is 5.97 Å². The van der Waals surface area contributed by atoms with Gasteiger partial charge in [0.25, 0.3) is 0 Å². The molecule has 1 aromatic carbocycles. The van der Waals surface area contributed by atoms with Crippen LogP contribution >= 0.6 is 11.3 Å². The monoisotopic (exact) mass is 331 g/mol. The number of esters is 1. The number of ketones is 1. The average molecular weight is 331 g/mol. The van der Waals surface area contributed by atoms with Crippen LogP contribution < -0.4 is 5.32 Å². The van der Waals surface area contributed by atoms with Crippen LogP contribution in [-0.2, 0) is 9.53 Å². The second kappa shape index (κ2) is 8.24. The molecule has 0 saturated heterocycles. The van der Waals surface area contributed by atoms with Crippen molar-refractivity contribution in [1.29, 1.82) is 0 Å². The molecular weight excluding hydrogens is 314 g/mol. The minimum absolute atomic E-state index is 0.0588. The molecule has 0 aliphatic carbocycles. The number of hydrogen-bond donors (Lipinski definition) is 1. The number of carbonyl (C=O) groups excluding carboxylic acids is 3. The number of hydrogen-bond acceptors (Lipinski definition) is 5. The maximum Gasteiger partial charge on any atom is 0.348 e. The van der Waals surface area contributed by atoms with Gasteiger partial charge in [0.05, 0.1) is 0 Å². The molecule has 2 rings (SSSR count). The molecule has 0 unspecified atom stereocenters. The third kappa shape index (κ3) is 5.03. The van der Waals surface area contributed by atoms with E-state index in [4.69, 9.17) is 4.74 Å². The number of benzene rings is 1. The molecule has 0 aliphatic rings. The van der Waals surface area contributed by atoms with Gasteiger partial charge in [0.2, 0.25) is 5.91 Å². The highest BCUT2D eigenvalue weighted by Gasteiger charge is 2.12. The first-order chi connectivity index (χ1) is 11.1. The highest BCUT2D eigenvalue weighted by atomic mass is 32.1. The molecule has 1 N–H and O–H groups in total. The highest BCUT2D eigenvalue weighted by molar-refractivity contribution is 7.11. The summed E-state index contributed by atoms with van der Waals surface area (Å²) in [4.78, 5) is 35.6. The topological polar surface area (TPSA) is 72.5 Å². The Balaban J connectivity index is 1.87. The summed E-state index contributed by atoms with van der Waals surface area (Å²) >= 11 is 1.26. The first kappa shape index (κ1) is 16.9. The minimum Gasteiger partial charge on any atom is -0.453 e. The van der Waals surface area contributed by atoms with Crippen molar-refractivity contribution in [3.05, 3.63) is 52.2 Å². The molecule has 120 valence electrons. The first-order valence-electron chi connectivity index (χ1n) is 7.24. The van der Waals surface area contributed by atoms with E-state index >= 15 is 0 Å². The van der Waals surface area contributed by atoms with Crippen LogP contribution in [0.1, 0.15) is 39.8 Å². The van der Waals surface area contributed by atoms with Gasteiger partial charge in [0.1, 0.15) is 4.88 Å². The van der Waals surface area contributed by atoms with Crippen molar-refractivity contribution in [1.82, 2.24) is 0 Å². The number of rotatable bonds is 7. The van der Waals surface area contributed by atoms with Crippen molar-refractivity contribution in [2.24, 2.45) is 0 Å². The van der Waals surface area contributed by atoms with E-state index in [1.807, 2.05) is 6.92 Å². The van der Waals surface area contributed by atoms with E-state index in [-0.39, 0.29) is 18.3 Å². The summed E-state index contributed by atoms with van der Waals surface area (Å²) in [6, 6.07) is 9.90. The number of anilines is 1. The average Bonchev–Trinajstić information content (AvgIpc) is 3.07. The van der Waals surface area contributed by atoms with Crippen molar-refractivity contribution in [3.8, 4) is 0 Å². The normalized spacial score (nSPS) is 10.1. The van der Waals surface area contributed by atoms with Gasteiger partial charge in [0.15, 0.2) is 12.4 Å². The van der Waals surface area contributed by atoms with Crippen LogP contribution in [0.5, 0.6) is 0 Å². The second-order valence-electron chi connectivity index (χ2n) is 4.85. The third-order valence-corrected chi connectivity index (χ3v) is 3.87. The molecule has 2 aromatic rings. The zero-order valence-electron chi connectivity index (χ0n) is 12.7. The molecule has 0 bridgehead atoms. The van der Waals surface area contributed by atoms with Crippen LogP contribution in [0.4, 0.5) is 5.69 Å². The summed E-state index contributed by atoms with van der Waals surface area (Å²) in [6.45, 7) is 1.62. The summed E-state index contributed by atoms with van der Waals surface area (Å²) in [6.07, 6.45) is 1.23. The van der Waals surface area contributed by atoms with Crippen molar-refractivity contribution in [2.45, 2.75) is 19.8 Å². The number of nitrogens with one attached hydrogen (secondary N) is 1. The van der Waals surface area contributed by atoms with E-state index in [1.54, 1.807) is 41.8 Å². The fourth-order valence-corrected chi connectivity index (χ4v) is 2.49. The lowest BCUT2D eigenvalue weighted by atomic mass is 10.1. The number of carbonyl (C=O) groups is 3. The molecule has 6 heteroatoms. The molecule has 0 fully saturated rings. The Morgan fingerprint density at radius 1 is 1.13 bits per heavy atom. The van der Waals surface area contributed by atoms with E-state index in [0.29, 0.717) is 22.5 Å². The van der Waals surface area contributed by atoms with Crippen LogP contribution in [-0.4, -0.2) is 24.3 Å². The number of ether oxygens (including phenoxy) is 1. The van der Waals surface area contributed by atoms with Gasteiger partial charge in [-0.2, -0.15) is 0 Å². The van der Waals surface area contributed by atoms with Crippen molar-refractivity contribution >= 4 is 34.7 Å². The van der Waals surface area contributed by atoms with Crippen LogP contribution in [0.2, 0.25) is 0 Å². The van der Waals surface area contributed by atoms with Gasteiger partial charge in [-0.3, -0.25) is 9.59 Å². The molecule has 1 amide bonds. The van der Waals surface area contributed by atoms with Crippen molar-refractivity contribution < 1.29 is 19.1 Å². The lowest BCUT2D eigenvalue weighted by Gasteiger charge is -2.06. The van der Waals surface area contributed by atoms with Gasteiger partial charge < -0.3 is 10.1 Å². The Morgan fingerprint density at radius 3 is 2.48 bits per heavy atom. The molecule has 0 aliphatic heterocycles. The van der Waals surface area contributed by atoms with Crippen molar-refractivity contribution in [3.63, 3.8) is 0 Å². The second-order valence-corrected chi connectivity index (χ2v) is 5.80. The number of thiophene rings is 1. The summed E-state index contributed by atoms with van der Waals surface area (Å²) in [5.41, 5.74) is 1.06. The first-order valence-corrected chi connectivity index (χ1v) is 8.12. The smallest absolute Gasteiger partial charge is 0.348 e. The minimum atomic E-state index is -0.503. The van der Waals surface area contributed by atoms with E-state index in [9.17, 15) is 14.4 Å². The number of Topliss-reactive ketones (excluding diaryl/α,β-unsaturated/α-hetero) is 1. The van der Waals surface area contributed by atoms with E-state index < -0.39 is 5.97 Å². The zero-order chi connectivity index (χ0) is 16.7. The molecule has 0 atom stereocenters. The highest BCUT2D eigenvalue weighted by Crippen LogP contribution is 2.13. The largest absolute Gasteiger partial charge is 0.453 e. The summed E-state index contributed by atoms with van der Waals surface area (Å²) < 4.78 is 4.98. The predicted molar refractivity (Wildman–Crippen MR) is 88.9 cm³/mol. The SMILES string of the molecule is CCCC(=O)Nc1ccc(C(=O)COC(=O)c2cccs2)cc1. The van der Waals surface area contributed by atoms with Gasteiger partial charge in [-0.25, -0.2) is 4.79 Å². The number of amides is 1. The van der Waals surface area contributed by atoms with Crippen molar-refractivity contribution in [2.75, 3.05) is 11.9 Å². The Kier molecular flexibility index (Phi) is 6.05. The lowest BCUT2D eigenvalue weighted by molar-refractivity contribution is -0.116. The Labute approximate surface area is 138 Å². The van der Waals surface area contributed by atoms with Crippen LogP contribution in [0.15, 0.2) is 41.8 Å². The zero-order valence-corrected chi connectivity index (χ0v) is 13.5. The maximum absolute atomic E-state index is 12.0. The van der Waals surface area contributed by atoms with Gasteiger partial charge in [-0.15, -0.1) is 11.3 Å². The van der Waals surface area contributed by atoms with Gasteiger partial charge in [-0.1, -0.05) is 13.0 Å². The molecule has 0 spiro atoms. The molecule has 23 heavy (non-hydrogen) atoms. The predicted octanol–water partition coefficient (Wildman–Crippen LogP) is 3.53. The van der Waals surface area contributed by atoms with Crippen LogP contribution in [0.3, 0.4) is 0 Å². The molecular formula is C17H17NO4S. The van der Waals surface area contributed by atoms with Crippen LogP contribution in [0.25, 0.3) is 0 Å². The maximum atomic E-state index is 12.0. The standard InChI is InChI=1S/C17H17NO4S/c1-2-4-16(20)18-13-8-6-12(7-9-13)14(19)11-22-17(21)15-5-3-10-23-15/h3,5-10H,2,4,11H2,1H3,(H,18,20). The van der Waals surface area contributed by atoms with E-state index in [0.717, 1.165) is 6.42 Å². The molecule has 0 saturated carbocycles. The summed E-state index contributed by atoms with van der Waals surface area (Å²) in [7, 11) is 0.